The lowest BCUT2D eigenvalue weighted by atomic mass is 10.0. The molecule has 0 aliphatic rings. The Morgan fingerprint density at radius 2 is 2.31 bits per heavy atom. The summed E-state index contributed by atoms with van der Waals surface area (Å²) in [6.07, 6.45) is 0.794. The van der Waals surface area contributed by atoms with E-state index in [0.717, 1.165) is 27.8 Å². The van der Waals surface area contributed by atoms with Gasteiger partial charge in [-0.05, 0) is 37.1 Å². The molecule has 0 amide bonds. The minimum atomic E-state index is 0.0435. The standard InChI is InChI=1S/C12H17BrN2O/c1-8(2)6-12(15-14)10-7-9(16-3)4-5-11(10)13/h4-5,7,12,15H,1,6,14H2,2-3H3. The Kier molecular flexibility index (Phi) is 4.99. The minimum absolute atomic E-state index is 0.0435. The maximum absolute atomic E-state index is 5.56. The molecule has 0 fully saturated rings. The summed E-state index contributed by atoms with van der Waals surface area (Å²) in [5.74, 6) is 6.38. The Morgan fingerprint density at radius 1 is 1.62 bits per heavy atom. The first kappa shape index (κ1) is 13.2. The van der Waals surface area contributed by atoms with Gasteiger partial charge >= 0.3 is 0 Å². The number of methoxy groups -OCH3 is 1. The zero-order valence-corrected chi connectivity index (χ0v) is 11.2. The van der Waals surface area contributed by atoms with Crippen LogP contribution in [0.5, 0.6) is 5.75 Å². The Bertz CT molecular complexity index is 379. The van der Waals surface area contributed by atoms with Gasteiger partial charge in [0.15, 0.2) is 0 Å². The zero-order valence-electron chi connectivity index (χ0n) is 9.59. The monoisotopic (exact) mass is 284 g/mol. The van der Waals surface area contributed by atoms with E-state index in [1.807, 2.05) is 25.1 Å². The Morgan fingerprint density at radius 3 is 2.81 bits per heavy atom. The first-order valence-corrected chi connectivity index (χ1v) is 5.81. The van der Waals surface area contributed by atoms with Crippen LogP contribution in [0.1, 0.15) is 24.9 Å². The molecule has 1 rings (SSSR count). The molecule has 3 nitrogen and oxygen atoms in total. The first-order chi connectivity index (χ1) is 7.58. The van der Waals surface area contributed by atoms with Gasteiger partial charge in [0.05, 0.1) is 13.2 Å². The maximum atomic E-state index is 5.56. The zero-order chi connectivity index (χ0) is 12.1. The van der Waals surface area contributed by atoms with Crippen molar-refractivity contribution in [2.24, 2.45) is 5.84 Å². The molecule has 3 N–H and O–H groups in total. The molecule has 0 heterocycles. The highest BCUT2D eigenvalue weighted by atomic mass is 79.9. The first-order valence-electron chi connectivity index (χ1n) is 5.02. The molecule has 0 aliphatic carbocycles. The van der Waals surface area contributed by atoms with Crippen LogP contribution in [0, 0.1) is 0 Å². The third-order valence-corrected chi connectivity index (χ3v) is 3.05. The van der Waals surface area contributed by atoms with E-state index in [1.54, 1.807) is 7.11 Å². The van der Waals surface area contributed by atoms with Crippen LogP contribution >= 0.6 is 15.9 Å². The molecular weight excluding hydrogens is 268 g/mol. The number of hydrogen-bond donors (Lipinski definition) is 2. The van der Waals surface area contributed by atoms with Gasteiger partial charge in [0.1, 0.15) is 5.75 Å². The van der Waals surface area contributed by atoms with Crippen molar-refractivity contribution in [1.82, 2.24) is 5.43 Å². The van der Waals surface area contributed by atoms with Crippen molar-refractivity contribution in [2.75, 3.05) is 7.11 Å². The summed E-state index contributed by atoms with van der Waals surface area (Å²) in [7, 11) is 1.65. The van der Waals surface area contributed by atoms with Crippen LogP contribution in [0.4, 0.5) is 0 Å². The van der Waals surface area contributed by atoms with Crippen LogP contribution < -0.4 is 16.0 Å². The molecule has 0 bridgehead atoms. The summed E-state index contributed by atoms with van der Waals surface area (Å²) in [5.41, 5.74) is 4.95. The lowest BCUT2D eigenvalue weighted by Gasteiger charge is -2.18. The molecule has 16 heavy (non-hydrogen) atoms. The van der Waals surface area contributed by atoms with Crippen LogP contribution in [-0.2, 0) is 0 Å². The Labute approximate surface area is 105 Å². The number of hydrogen-bond acceptors (Lipinski definition) is 3. The van der Waals surface area contributed by atoms with Crippen molar-refractivity contribution in [3.05, 3.63) is 40.4 Å². The van der Waals surface area contributed by atoms with Crippen molar-refractivity contribution in [2.45, 2.75) is 19.4 Å². The second kappa shape index (κ2) is 6.03. The van der Waals surface area contributed by atoms with Crippen molar-refractivity contribution in [3.63, 3.8) is 0 Å². The fraction of sp³-hybridized carbons (Fsp3) is 0.333. The third kappa shape index (κ3) is 3.33. The van der Waals surface area contributed by atoms with Gasteiger partial charge in [0, 0.05) is 4.47 Å². The Hall–Kier alpha value is -0.840. The van der Waals surface area contributed by atoms with E-state index in [9.17, 15) is 0 Å². The van der Waals surface area contributed by atoms with E-state index < -0.39 is 0 Å². The van der Waals surface area contributed by atoms with Crippen LogP contribution in [-0.4, -0.2) is 7.11 Å². The molecule has 1 unspecified atom stereocenters. The molecule has 0 radical (unpaired) electrons. The topological polar surface area (TPSA) is 47.3 Å². The van der Waals surface area contributed by atoms with Crippen molar-refractivity contribution in [3.8, 4) is 5.75 Å². The van der Waals surface area contributed by atoms with Crippen LogP contribution in [0.15, 0.2) is 34.8 Å². The normalized spacial score (nSPS) is 12.2. The van der Waals surface area contributed by atoms with E-state index in [-0.39, 0.29) is 6.04 Å². The van der Waals surface area contributed by atoms with Gasteiger partial charge in [-0.2, -0.15) is 0 Å². The predicted octanol–water partition coefficient (Wildman–Crippen LogP) is 2.93. The van der Waals surface area contributed by atoms with E-state index in [4.69, 9.17) is 10.6 Å². The maximum Gasteiger partial charge on any atom is 0.119 e. The largest absolute Gasteiger partial charge is 0.497 e. The number of nitrogens with one attached hydrogen (secondary N) is 1. The average Bonchev–Trinajstić information content (AvgIpc) is 2.26. The number of nitrogens with two attached hydrogens (primary N) is 1. The summed E-state index contributed by atoms with van der Waals surface area (Å²) in [5, 5.41) is 0. The third-order valence-electron chi connectivity index (χ3n) is 2.33. The fourth-order valence-electron chi connectivity index (χ4n) is 1.52. The van der Waals surface area contributed by atoms with Crippen LogP contribution in [0.3, 0.4) is 0 Å². The SMILES string of the molecule is C=C(C)CC(NN)c1cc(OC)ccc1Br. The van der Waals surface area contributed by atoms with Gasteiger partial charge in [0.25, 0.3) is 0 Å². The van der Waals surface area contributed by atoms with Gasteiger partial charge < -0.3 is 4.74 Å². The molecule has 1 aromatic carbocycles. The molecule has 0 saturated heterocycles. The van der Waals surface area contributed by atoms with Crippen LogP contribution in [0.25, 0.3) is 0 Å². The Balaban J connectivity index is 3.02. The number of ether oxygens (including phenoxy) is 1. The summed E-state index contributed by atoms with van der Waals surface area (Å²) in [6, 6.07) is 5.87. The molecule has 0 aromatic heterocycles. The molecule has 0 aliphatic heterocycles. The lowest BCUT2D eigenvalue weighted by molar-refractivity contribution is 0.412. The van der Waals surface area contributed by atoms with E-state index in [2.05, 4.69) is 27.9 Å². The average molecular weight is 285 g/mol. The summed E-state index contributed by atoms with van der Waals surface area (Å²) in [4.78, 5) is 0. The van der Waals surface area contributed by atoms with Gasteiger partial charge in [-0.25, -0.2) is 0 Å². The second-order valence-corrected chi connectivity index (χ2v) is 4.62. The lowest BCUT2D eigenvalue weighted by Crippen LogP contribution is -2.28. The summed E-state index contributed by atoms with van der Waals surface area (Å²) < 4.78 is 6.21. The number of hydrazine groups is 1. The van der Waals surface area contributed by atoms with Crippen molar-refractivity contribution >= 4 is 15.9 Å². The number of benzene rings is 1. The molecule has 88 valence electrons. The smallest absolute Gasteiger partial charge is 0.119 e. The molecule has 1 atom stereocenters. The van der Waals surface area contributed by atoms with Crippen molar-refractivity contribution in [1.29, 1.82) is 0 Å². The van der Waals surface area contributed by atoms with Crippen LogP contribution in [0.2, 0.25) is 0 Å². The highest BCUT2D eigenvalue weighted by Crippen LogP contribution is 2.30. The number of rotatable bonds is 5. The molecule has 4 heteroatoms. The van der Waals surface area contributed by atoms with Gasteiger partial charge in [-0.15, -0.1) is 6.58 Å². The quantitative estimate of drug-likeness (QED) is 0.497. The molecular formula is C12H17BrN2O. The number of halogens is 1. The molecule has 0 spiro atoms. The highest BCUT2D eigenvalue weighted by molar-refractivity contribution is 9.10. The molecule has 0 saturated carbocycles. The van der Waals surface area contributed by atoms with Gasteiger partial charge in [-0.1, -0.05) is 21.5 Å². The predicted molar refractivity (Wildman–Crippen MR) is 70.2 cm³/mol. The summed E-state index contributed by atoms with van der Waals surface area (Å²) in [6.45, 7) is 5.88. The second-order valence-electron chi connectivity index (χ2n) is 3.77. The van der Waals surface area contributed by atoms with E-state index >= 15 is 0 Å². The van der Waals surface area contributed by atoms with E-state index in [1.165, 1.54) is 0 Å². The van der Waals surface area contributed by atoms with Gasteiger partial charge in [-0.3, -0.25) is 11.3 Å². The van der Waals surface area contributed by atoms with E-state index in [0.29, 0.717) is 0 Å². The highest BCUT2D eigenvalue weighted by Gasteiger charge is 2.14. The molecule has 1 aromatic rings. The van der Waals surface area contributed by atoms with Gasteiger partial charge in [0.2, 0.25) is 0 Å². The minimum Gasteiger partial charge on any atom is -0.497 e. The van der Waals surface area contributed by atoms with Crippen molar-refractivity contribution < 1.29 is 4.74 Å². The summed E-state index contributed by atoms with van der Waals surface area (Å²) >= 11 is 3.51. The fourth-order valence-corrected chi connectivity index (χ4v) is 2.05.